The second-order valence-electron chi connectivity index (χ2n) is 11.4. The number of aromatic hydroxyl groups is 1. The van der Waals surface area contributed by atoms with Crippen LogP contribution in [0.3, 0.4) is 0 Å². The van der Waals surface area contributed by atoms with Gasteiger partial charge >= 0.3 is 12.0 Å². The second kappa shape index (κ2) is 12.5. The Balaban J connectivity index is 1.32. The lowest BCUT2D eigenvalue weighted by molar-refractivity contribution is -0.274. The van der Waals surface area contributed by atoms with E-state index in [2.05, 4.69) is 14.4 Å². The Kier molecular flexibility index (Phi) is 8.13. The first-order valence-electron chi connectivity index (χ1n) is 15.2. The Labute approximate surface area is 277 Å². The molecule has 7 aromatic rings. The zero-order valence-electron chi connectivity index (χ0n) is 25.5. The van der Waals surface area contributed by atoms with Crippen LogP contribution in [0.4, 0.5) is 13.2 Å². The lowest BCUT2D eigenvalue weighted by atomic mass is 9.85. The molecule has 1 unspecified atom stereocenters. The average Bonchev–Trinajstić information content (AvgIpc) is 3.44. The Bertz CT molecular complexity index is 2510. The van der Waals surface area contributed by atoms with Gasteiger partial charge in [-0.2, -0.15) is 0 Å². The molecule has 3 N–H and O–H groups in total. The largest absolute Gasteiger partial charge is 0.573 e. The van der Waals surface area contributed by atoms with Crippen molar-refractivity contribution in [3.63, 3.8) is 0 Å². The van der Waals surface area contributed by atoms with E-state index in [1.807, 2.05) is 42.5 Å². The fourth-order valence-electron chi connectivity index (χ4n) is 6.21. The monoisotopic (exact) mass is 684 g/mol. The summed E-state index contributed by atoms with van der Waals surface area (Å²) < 4.78 is 78.0. The number of aromatic amines is 1. The summed E-state index contributed by atoms with van der Waals surface area (Å²) in [5.74, 6) is -1.89. The molecule has 0 aliphatic rings. The van der Waals surface area contributed by atoms with Crippen LogP contribution >= 0.6 is 0 Å². The van der Waals surface area contributed by atoms with E-state index in [0.717, 1.165) is 28.3 Å². The van der Waals surface area contributed by atoms with E-state index in [9.17, 15) is 31.5 Å². The Hall–Kier alpha value is -5.59. The summed E-state index contributed by atoms with van der Waals surface area (Å²) in [5, 5.41) is 14.2. The molecule has 1 atom stereocenters. The van der Waals surface area contributed by atoms with E-state index >= 15 is 0 Å². The van der Waals surface area contributed by atoms with Gasteiger partial charge in [0.05, 0.1) is 21.8 Å². The molecule has 0 spiro atoms. The topological polar surface area (TPSA) is 122 Å². The zero-order valence-corrected chi connectivity index (χ0v) is 26.3. The molecule has 2 heterocycles. The number of rotatable bonds is 9. The lowest BCUT2D eigenvalue weighted by Gasteiger charge is -2.20. The number of H-pyrrole nitrogens is 1. The molecular weight excluding hydrogens is 657 g/mol. The van der Waals surface area contributed by atoms with Gasteiger partial charge in [-0.1, -0.05) is 72.8 Å². The van der Waals surface area contributed by atoms with Gasteiger partial charge in [0.25, 0.3) is 0 Å². The summed E-state index contributed by atoms with van der Waals surface area (Å²) >= 11 is 0. The normalized spacial score (nSPS) is 12.9. The Morgan fingerprint density at radius 2 is 1.51 bits per heavy atom. The third-order valence-corrected chi connectivity index (χ3v) is 9.85. The molecule has 0 saturated carbocycles. The van der Waals surface area contributed by atoms with Gasteiger partial charge in [0, 0.05) is 23.1 Å². The standard InChI is InChI=1S/C37H27F3N2O6S/c38-37(39,40)48-25-16-13-23(14-17-25)32(33-35(43)29-10-4-6-12-31(29)47-36(33)44)34-28(27-9-3-5-11-30(27)42-34)19-20-41-49(45,46)26-18-15-22-7-1-2-8-24(22)21-26/h1-18,21,32,41-43H,19-20H2. The second-order valence-corrected chi connectivity index (χ2v) is 13.2. The van der Waals surface area contributed by atoms with E-state index < -0.39 is 33.7 Å². The minimum Gasteiger partial charge on any atom is -0.507 e. The summed E-state index contributed by atoms with van der Waals surface area (Å²) in [7, 11) is -3.92. The molecule has 49 heavy (non-hydrogen) atoms. The maximum absolute atomic E-state index is 13.6. The Morgan fingerprint density at radius 3 is 2.27 bits per heavy atom. The van der Waals surface area contributed by atoms with Crippen molar-refractivity contribution in [1.82, 2.24) is 9.71 Å². The van der Waals surface area contributed by atoms with Crippen molar-refractivity contribution in [1.29, 1.82) is 0 Å². The van der Waals surface area contributed by atoms with Crippen LogP contribution in [-0.4, -0.2) is 31.4 Å². The fourth-order valence-corrected chi connectivity index (χ4v) is 7.27. The summed E-state index contributed by atoms with van der Waals surface area (Å²) in [6.07, 6.45) is -4.76. The SMILES string of the molecule is O=c1oc2ccccc2c(O)c1C(c1ccc(OC(F)(F)F)cc1)c1[nH]c2ccccc2c1CCNS(=O)(=O)c1ccc2ccccc2c1. The van der Waals surface area contributed by atoms with Crippen LogP contribution in [0.5, 0.6) is 11.5 Å². The molecule has 0 aliphatic carbocycles. The average molecular weight is 685 g/mol. The summed E-state index contributed by atoms with van der Waals surface area (Å²) in [6.45, 7) is -0.0343. The van der Waals surface area contributed by atoms with Crippen LogP contribution < -0.4 is 15.1 Å². The first-order chi connectivity index (χ1) is 23.5. The molecule has 8 nitrogen and oxygen atoms in total. The number of alkyl halides is 3. The van der Waals surface area contributed by atoms with E-state index in [1.165, 1.54) is 24.3 Å². The molecule has 0 fully saturated rings. The number of nitrogens with one attached hydrogen (secondary N) is 2. The number of sulfonamides is 1. The molecular formula is C37H27F3N2O6S. The molecule has 7 rings (SSSR count). The van der Waals surface area contributed by atoms with Gasteiger partial charge in [-0.3, -0.25) is 0 Å². The van der Waals surface area contributed by atoms with E-state index in [-0.39, 0.29) is 40.1 Å². The number of aromatic nitrogens is 1. The predicted octanol–water partition coefficient (Wildman–Crippen LogP) is 7.73. The maximum atomic E-state index is 13.6. The van der Waals surface area contributed by atoms with Gasteiger partial charge in [0.1, 0.15) is 17.1 Å². The van der Waals surface area contributed by atoms with Crippen molar-refractivity contribution in [3.8, 4) is 11.5 Å². The summed E-state index contributed by atoms with van der Waals surface area (Å²) in [4.78, 5) is 17.0. The molecule has 0 saturated heterocycles. The first kappa shape index (κ1) is 32.0. The zero-order chi connectivity index (χ0) is 34.3. The number of ether oxygens (including phenoxy) is 1. The first-order valence-corrected chi connectivity index (χ1v) is 16.7. The van der Waals surface area contributed by atoms with E-state index in [0.29, 0.717) is 22.3 Å². The highest BCUT2D eigenvalue weighted by atomic mass is 32.2. The summed E-state index contributed by atoms with van der Waals surface area (Å²) in [6, 6.07) is 30.9. The number of hydrogen-bond acceptors (Lipinski definition) is 6. The quantitative estimate of drug-likeness (QED) is 0.134. The number of benzene rings is 5. The third kappa shape index (κ3) is 6.35. The predicted molar refractivity (Wildman–Crippen MR) is 179 cm³/mol. The summed E-state index contributed by atoms with van der Waals surface area (Å²) in [5.41, 5.74) is 1.22. The van der Waals surface area contributed by atoms with Crippen LogP contribution in [0.1, 0.15) is 28.3 Å². The van der Waals surface area contributed by atoms with E-state index in [4.69, 9.17) is 4.42 Å². The van der Waals surface area contributed by atoms with Gasteiger partial charge in [-0.05, 0) is 70.8 Å². The van der Waals surface area contributed by atoms with Gasteiger partial charge in [0.2, 0.25) is 10.0 Å². The number of halogens is 3. The van der Waals surface area contributed by atoms with Crippen LogP contribution in [-0.2, 0) is 16.4 Å². The third-order valence-electron chi connectivity index (χ3n) is 8.39. The number of hydrogen-bond donors (Lipinski definition) is 3. The highest BCUT2D eigenvalue weighted by Crippen LogP contribution is 2.41. The molecule has 0 radical (unpaired) electrons. The van der Waals surface area contributed by atoms with Crippen molar-refractivity contribution >= 4 is 42.7 Å². The molecule has 12 heteroatoms. The lowest BCUT2D eigenvalue weighted by Crippen LogP contribution is -2.26. The van der Waals surface area contributed by atoms with Crippen LogP contribution in [0.15, 0.2) is 129 Å². The highest BCUT2D eigenvalue weighted by molar-refractivity contribution is 7.89. The van der Waals surface area contributed by atoms with Crippen LogP contribution in [0, 0.1) is 0 Å². The molecule has 248 valence electrons. The van der Waals surface area contributed by atoms with Crippen molar-refractivity contribution in [3.05, 3.63) is 148 Å². The molecule has 0 aliphatic heterocycles. The molecule has 2 aromatic heterocycles. The van der Waals surface area contributed by atoms with Gasteiger partial charge < -0.3 is 19.2 Å². The molecule has 5 aromatic carbocycles. The van der Waals surface area contributed by atoms with Crippen molar-refractivity contribution in [2.75, 3.05) is 6.54 Å². The maximum Gasteiger partial charge on any atom is 0.573 e. The van der Waals surface area contributed by atoms with Crippen LogP contribution in [0.2, 0.25) is 0 Å². The van der Waals surface area contributed by atoms with E-state index in [1.54, 1.807) is 36.4 Å². The van der Waals surface area contributed by atoms with Gasteiger partial charge in [-0.15, -0.1) is 13.2 Å². The molecule has 0 bridgehead atoms. The van der Waals surface area contributed by atoms with Crippen molar-refractivity contribution in [2.24, 2.45) is 0 Å². The van der Waals surface area contributed by atoms with Crippen molar-refractivity contribution in [2.45, 2.75) is 23.6 Å². The van der Waals surface area contributed by atoms with Gasteiger partial charge in [0.15, 0.2) is 0 Å². The number of fused-ring (bicyclic) bond motifs is 3. The van der Waals surface area contributed by atoms with Crippen LogP contribution in [0.25, 0.3) is 32.6 Å². The fraction of sp³-hybridized carbons (Fsp3) is 0.108. The minimum absolute atomic E-state index is 0.0343. The van der Waals surface area contributed by atoms with Crippen molar-refractivity contribution < 1.29 is 35.8 Å². The smallest absolute Gasteiger partial charge is 0.507 e. The number of para-hydroxylation sites is 2. The minimum atomic E-state index is -4.91. The highest BCUT2D eigenvalue weighted by Gasteiger charge is 2.33. The van der Waals surface area contributed by atoms with Gasteiger partial charge in [-0.25, -0.2) is 17.9 Å². The Morgan fingerprint density at radius 1 is 0.837 bits per heavy atom. The molecule has 0 amide bonds.